The second-order valence-corrected chi connectivity index (χ2v) is 6.08. The van der Waals surface area contributed by atoms with E-state index in [9.17, 15) is 0 Å². The Balaban J connectivity index is 1.83. The SMILES string of the molecule is C#CCCCCc1ccc(N(c2ccccc2)c2ccccc2)cc1. The van der Waals surface area contributed by atoms with Crippen molar-refractivity contribution in [2.75, 3.05) is 4.90 Å². The van der Waals surface area contributed by atoms with Crippen LogP contribution in [0.1, 0.15) is 24.8 Å². The first-order valence-electron chi connectivity index (χ1n) is 8.81. The van der Waals surface area contributed by atoms with E-state index in [-0.39, 0.29) is 0 Å². The fourth-order valence-corrected chi connectivity index (χ4v) is 2.97. The molecule has 0 bridgehead atoms. The molecule has 0 radical (unpaired) electrons. The van der Waals surface area contributed by atoms with Crippen LogP contribution in [0, 0.1) is 12.3 Å². The minimum absolute atomic E-state index is 0.869. The van der Waals surface area contributed by atoms with Crippen molar-refractivity contribution in [3.05, 3.63) is 90.5 Å². The van der Waals surface area contributed by atoms with Gasteiger partial charge in [0.25, 0.3) is 0 Å². The highest BCUT2D eigenvalue weighted by atomic mass is 15.1. The minimum atomic E-state index is 0.869. The molecule has 0 atom stereocenters. The Bertz CT molecular complexity index is 759. The number of hydrogen-bond donors (Lipinski definition) is 0. The average molecular weight is 325 g/mol. The molecular formula is C24H23N. The van der Waals surface area contributed by atoms with Crippen LogP contribution in [-0.4, -0.2) is 0 Å². The summed E-state index contributed by atoms with van der Waals surface area (Å²) in [6, 6.07) is 29.8. The second-order valence-electron chi connectivity index (χ2n) is 6.08. The second kappa shape index (κ2) is 8.76. The molecule has 0 N–H and O–H groups in total. The standard InChI is InChI=1S/C24H23N/c1-2-3-4-7-12-21-17-19-24(20-18-21)25(22-13-8-5-9-14-22)23-15-10-6-11-16-23/h1,5-6,8-11,13-20H,3-4,7,12H2. The summed E-state index contributed by atoms with van der Waals surface area (Å²) in [6.45, 7) is 0. The van der Waals surface area contributed by atoms with Gasteiger partial charge in [-0.2, -0.15) is 0 Å². The van der Waals surface area contributed by atoms with E-state index < -0.39 is 0 Å². The van der Waals surface area contributed by atoms with E-state index in [4.69, 9.17) is 6.42 Å². The summed E-state index contributed by atoms with van der Waals surface area (Å²) in [6.07, 6.45) is 9.51. The first-order chi connectivity index (χ1) is 12.4. The Morgan fingerprint density at radius 3 is 1.68 bits per heavy atom. The molecule has 0 fully saturated rings. The highest BCUT2D eigenvalue weighted by Crippen LogP contribution is 2.34. The van der Waals surface area contributed by atoms with Crippen LogP contribution in [-0.2, 0) is 6.42 Å². The van der Waals surface area contributed by atoms with Crippen molar-refractivity contribution in [2.24, 2.45) is 0 Å². The summed E-state index contributed by atoms with van der Waals surface area (Å²) in [5.41, 5.74) is 4.86. The summed E-state index contributed by atoms with van der Waals surface area (Å²) in [5.74, 6) is 2.71. The number of aryl methyl sites for hydroxylation is 1. The third kappa shape index (κ3) is 4.52. The first-order valence-corrected chi connectivity index (χ1v) is 8.81. The highest BCUT2D eigenvalue weighted by Gasteiger charge is 2.11. The number of benzene rings is 3. The molecule has 1 nitrogen and oxygen atoms in total. The fraction of sp³-hybridized carbons (Fsp3) is 0.167. The van der Waals surface area contributed by atoms with Gasteiger partial charge in [0, 0.05) is 23.5 Å². The van der Waals surface area contributed by atoms with Crippen LogP contribution in [0.2, 0.25) is 0 Å². The molecule has 0 amide bonds. The molecule has 3 rings (SSSR count). The van der Waals surface area contributed by atoms with Crippen molar-refractivity contribution in [1.29, 1.82) is 0 Å². The van der Waals surface area contributed by atoms with Gasteiger partial charge in [-0.3, -0.25) is 0 Å². The maximum atomic E-state index is 5.32. The largest absolute Gasteiger partial charge is 0.311 e. The van der Waals surface area contributed by atoms with E-state index >= 15 is 0 Å². The topological polar surface area (TPSA) is 3.24 Å². The number of nitrogens with zero attached hydrogens (tertiary/aromatic N) is 1. The number of unbranched alkanes of at least 4 members (excludes halogenated alkanes) is 2. The van der Waals surface area contributed by atoms with Crippen LogP contribution in [0.5, 0.6) is 0 Å². The lowest BCUT2D eigenvalue weighted by atomic mass is 10.1. The van der Waals surface area contributed by atoms with Crippen LogP contribution >= 0.6 is 0 Å². The molecule has 3 aromatic rings. The summed E-state index contributed by atoms with van der Waals surface area (Å²) < 4.78 is 0. The number of terminal acetylenes is 1. The minimum Gasteiger partial charge on any atom is -0.311 e. The van der Waals surface area contributed by atoms with E-state index in [0.717, 1.165) is 37.1 Å². The summed E-state index contributed by atoms with van der Waals surface area (Å²) in [7, 11) is 0. The van der Waals surface area contributed by atoms with Gasteiger partial charge in [0.1, 0.15) is 0 Å². The predicted molar refractivity (Wildman–Crippen MR) is 108 cm³/mol. The third-order valence-electron chi connectivity index (χ3n) is 4.26. The quantitative estimate of drug-likeness (QED) is 0.354. The van der Waals surface area contributed by atoms with Crippen molar-refractivity contribution < 1.29 is 0 Å². The summed E-state index contributed by atoms with van der Waals surface area (Å²) in [5, 5.41) is 0. The third-order valence-corrected chi connectivity index (χ3v) is 4.26. The normalized spacial score (nSPS) is 10.2. The highest BCUT2D eigenvalue weighted by molar-refractivity contribution is 5.76. The van der Waals surface area contributed by atoms with Gasteiger partial charge in [0.15, 0.2) is 0 Å². The molecule has 0 heterocycles. The predicted octanol–water partition coefficient (Wildman–Crippen LogP) is 6.50. The molecular weight excluding hydrogens is 302 g/mol. The van der Waals surface area contributed by atoms with E-state index in [2.05, 4.69) is 83.6 Å². The lowest BCUT2D eigenvalue weighted by molar-refractivity contribution is 0.757. The van der Waals surface area contributed by atoms with Crippen molar-refractivity contribution >= 4 is 17.1 Å². The zero-order valence-corrected chi connectivity index (χ0v) is 14.4. The van der Waals surface area contributed by atoms with Gasteiger partial charge in [0.05, 0.1) is 0 Å². The zero-order chi connectivity index (χ0) is 17.3. The molecule has 1 heteroatoms. The Kier molecular flexibility index (Phi) is 5.91. The van der Waals surface area contributed by atoms with Crippen LogP contribution in [0.15, 0.2) is 84.9 Å². The Hall–Kier alpha value is -2.98. The van der Waals surface area contributed by atoms with Gasteiger partial charge in [0.2, 0.25) is 0 Å². The van der Waals surface area contributed by atoms with E-state index in [1.54, 1.807) is 0 Å². The first kappa shape index (κ1) is 16.9. The van der Waals surface area contributed by atoms with E-state index in [0.29, 0.717) is 0 Å². The Morgan fingerprint density at radius 1 is 0.640 bits per heavy atom. The van der Waals surface area contributed by atoms with Gasteiger partial charge < -0.3 is 4.90 Å². The van der Waals surface area contributed by atoms with Gasteiger partial charge in [-0.05, 0) is 61.2 Å². The van der Waals surface area contributed by atoms with Gasteiger partial charge in [-0.1, -0.05) is 48.5 Å². The maximum Gasteiger partial charge on any atom is 0.0461 e. The smallest absolute Gasteiger partial charge is 0.0461 e. The number of anilines is 3. The van der Waals surface area contributed by atoms with E-state index in [1.165, 1.54) is 11.3 Å². The van der Waals surface area contributed by atoms with Crippen LogP contribution in [0.3, 0.4) is 0 Å². The summed E-state index contributed by atoms with van der Waals surface area (Å²) >= 11 is 0. The molecule has 25 heavy (non-hydrogen) atoms. The van der Waals surface area contributed by atoms with Gasteiger partial charge in [-0.15, -0.1) is 12.3 Å². The molecule has 0 aliphatic carbocycles. The lowest BCUT2D eigenvalue weighted by Crippen LogP contribution is -2.09. The number of hydrogen-bond acceptors (Lipinski definition) is 1. The zero-order valence-electron chi connectivity index (χ0n) is 14.4. The average Bonchev–Trinajstić information content (AvgIpc) is 2.68. The fourth-order valence-electron chi connectivity index (χ4n) is 2.97. The molecule has 0 saturated heterocycles. The lowest BCUT2D eigenvalue weighted by Gasteiger charge is -2.25. The van der Waals surface area contributed by atoms with Crippen molar-refractivity contribution in [1.82, 2.24) is 0 Å². The number of para-hydroxylation sites is 2. The maximum absolute atomic E-state index is 5.32. The summed E-state index contributed by atoms with van der Waals surface area (Å²) in [4.78, 5) is 2.28. The van der Waals surface area contributed by atoms with Crippen LogP contribution in [0.4, 0.5) is 17.1 Å². The molecule has 0 aliphatic heterocycles. The van der Waals surface area contributed by atoms with Gasteiger partial charge in [-0.25, -0.2) is 0 Å². The Labute approximate surface area is 150 Å². The van der Waals surface area contributed by atoms with Crippen molar-refractivity contribution in [3.8, 4) is 12.3 Å². The molecule has 0 unspecified atom stereocenters. The number of rotatable bonds is 7. The molecule has 124 valence electrons. The van der Waals surface area contributed by atoms with Crippen LogP contribution < -0.4 is 4.90 Å². The molecule has 0 aromatic heterocycles. The van der Waals surface area contributed by atoms with Crippen LogP contribution in [0.25, 0.3) is 0 Å². The Morgan fingerprint density at radius 2 is 1.16 bits per heavy atom. The van der Waals surface area contributed by atoms with Gasteiger partial charge >= 0.3 is 0 Å². The molecule has 0 aliphatic rings. The molecule has 0 saturated carbocycles. The molecule has 3 aromatic carbocycles. The van der Waals surface area contributed by atoms with E-state index in [1.807, 2.05) is 12.1 Å². The van der Waals surface area contributed by atoms with Crippen molar-refractivity contribution in [3.63, 3.8) is 0 Å². The molecule has 0 spiro atoms. The van der Waals surface area contributed by atoms with Crippen molar-refractivity contribution in [2.45, 2.75) is 25.7 Å². The monoisotopic (exact) mass is 325 g/mol.